The summed E-state index contributed by atoms with van der Waals surface area (Å²) in [5, 5.41) is 4.09. The van der Waals surface area contributed by atoms with Crippen LogP contribution in [0.15, 0.2) is 53.4 Å². The summed E-state index contributed by atoms with van der Waals surface area (Å²) in [5.74, 6) is -0.856. The van der Waals surface area contributed by atoms with Gasteiger partial charge in [-0.1, -0.05) is 36.4 Å². The third kappa shape index (κ3) is 4.43. The van der Waals surface area contributed by atoms with E-state index in [1.54, 1.807) is 18.2 Å². The second-order valence-electron chi connectivity index (χ2n) is 6.88. The van der Waals surface area contributed by atoms with Crippen LogP contribution in [-0.2, 0) is 22.2 Å². The summed E-state index contributed by atoms with van der Waals surface area (Å²) in [6.45, 7) is 0.0812. The molecule has 0 aromatic heterocycles. The number of nitrogens with one attached hydrogen (secondary N) is 2. The minimum atomic E-state index is -4.51. The standard InChI is InChI=1S/C21H15F3N2O4S/c22-21(23,24)15-7-2-1-5-13(15)14-6-3-4-11-8-12(30-18(11)14)10-25-17(27)9-16-19(28)26-20(29)31-16/h1-7,9,12H,8,10H2,(H,25,27)(H,26,28,29)/b16-9-. The monoisotopic (exact) mass is 448 g/mol. The molecule has 0 spiro atoms. The summed E-state index contributed by atoms with van der Waals surface area (Å²) < 4.78 is 46.2. The molecule has 31 heavy (non-hydrogen) atoms. The number of thioether (sulfide) groups is 1. The highest BCUT2D eigenvalue weighted by Gasteiger charge is 2.35. The third-order valence-corrected chi connectivity index (χ3v) is 5.57. The van der Waals surface area contributed by atoms with Crippen LogP contribution < -0.4 is 15.4 Å². The molecule has 1 atom stereocenters. The van der Waals surface area contributed by atoms with E-state index in [0.717, 1.165) is 17.7 Å². The van der Waals surface area contributed by atoms with E-state index in [-0.39, 0.29) is 17.0 Å². The van der Waals surface area contributed by atoms with E-state index < -0.39 is 34.9 Å². The zero-order valence-corrected chi connectivity index (χ0v) is 16.6. The molecule has 2 N–H and O–H groups in total. The van der Waals surface area contributed by atoms with E-state index >= 15 is 0 Å². The van der Waals surface area contributed by atoms with Crippen molar-refractivity contribution in [3.63, 3.8) is 0 Å². The Bertz CT molecular complexity index is 1110. The number of hydrogen-bond acceptors (Lipinski definition) is 5. The molecule has 2 heterocycles. The normalized spacial score (nSPS) is 19.2. The maximum Gasteiger partial charge on any atom is 0.417 e. The molecule has 1 fully saturated rings. The lowest BCUT2D eigenvalue weighted by Crippen LogP contribution is -2.33. The van der Waals surface area contributed by atoms with Crippen LogP contribution in [-0.4, -0.2) is 29.7 Å². The molecule has 10 heteroatoms. The Hall–Kier alpha value is -3.27. The molecular weight excluding hydrogens is 433 g/mol. The first-order chi connectivity index (χ1) is 14.7. The fourth-order valence-corrected chi connectivity index (χ4v) is 4.09. The third-order valence-electron chi connectivity index (χ3n) is 4.76. The van der Waals surface area contributed by atoms with Gasteiger partial charge in [-0.2, -0.15) is 13.2 Å². The highest BCUT2D eigenvalue weighted by Crippen LogP contribution is 2.43. The van der Waals surface area contributed by atoms with Gasteiger partial charge in [0.05, 0.1) is 17.0 Å². The highest BCUT2D eigenvalue weighted by atomic mass is 32.2. The Morgan fingerprint density at radius 3 is 2.61 bits per heavy atom. The topological polar surface area (TPSA) is 84.5 Å². The Morgan fingerprint density at radius 1 is 1.16 bits per heavy atom. The van der Waals surface area contributed by atoms with Crippen molar-refractivity contribution in [2.75, 3.05) is 6.54 Å². The molecule has 3 amide bonds. The highest BCUT2D eigenvalue weighted by molar-refractivity contribution is 8.18. The number of fused-ring (bicyclic) bond motifs is 1. The number of rotatable bonds is 4. The van der Waals surface area contributed by atoms with Gasteiger partial charge in [0.2, 0.25) is 5.91 Å². The molecule has 160 valence electrons. The summed E-state index contributed by atoms with van der Waals surface area (Å²) in [4.78, 5) is 34.7. The smallest absolute Gasteiger partial charge is 0.417 e. The molecule has 1 saturated heterocycles. The molecule has 0 saturated carbocycles. The van der Waals surface area contributed by atoms with Gasteiger partial charge in [0.1, 0.15) is 11.9 Å². The summed E-state index contributed by atoms with van der Waals surface area (Å²) in [6, 6.07) is 10.3. The van der Waals surface area contributed by atoms with Crippen molar-refractivity contribution in [3.05, 3.63) is 64.6 Å². The summed E-state index contributed by atoms with van der Waals surface area (Å²) >= 11 is 0.630. The van der Waals surface area contributed by atoms with E-state index in [1.165, 1.54) is 18.2 Å². The first-order valence-corrected chi connectivity index (χ1v) is 10.0. The van der Waals surface area contributed by atoms with E-state index in [9.17, 15) is 27.6 Å². The van der Waals surface area contributed by atoms with Gasteiger partial charge in [-0.05, 0) is 29.0 Å². The minimum Gasteiger partial charge on any atom is -0.487 e. The molecule has 2 aromatic carbocycles. The molecule has 2 aliphatic heterocycles. The first-order valence-electron chi connectivity index (χ1n) is 9.20. The lowest BCUT2D eigenvalue weighted by atomic mass is 9.96. The maximum atomic E-state index is 13.4. The fourth-order valence-electron chi connectivity index (χ4n) is 3.44. The molecule has 6 nitrogen and oxygen atoms in total. The average Bonchev–Trinajstić information content (AvgIpc) is 3.27. The van der Waals surface area contributed by atoms with Crippen LogP contribution in [0.3, 0.4) is 0 Å². The van der Waals surface area contributed by atoms with Gasteiger partial charge >= 0.3 is 6.18 Å². The van der Waals surface area contributed by atoms with Gasteiger partial charge in [-0.25, -0.2) is 0 Å². The Morgan fingerprint density at radius 2 is 1.90 bits per heavy atom. The second-order valence-corrected chi connectivity index (χ2v) is 7.89. The lowest BCUT2D eigenvalue weighted by Gasteiger charge is -2.16. The Kier molecular flexibility index (Phi) is 5.48. The van der Waals surface area contributed by atoms with Crippen LogP contribution in [0.1, 0.15) is 11.1 Å². The predicted molar refractivity (Wildman–Crippen MR) is 107 cm³/mol. The van der Waals surface area contributed by atoms with Gasteiger partial charge in [-0.15, -0.1) is 0 Å². The van der Waals surface area contributed by atoms with Crippen LogP contribution in [0, 0.1) is 0 Å². The number of para-hydroxylation sites is 1. The van der Waals surface area contributed by atoms with Crippen molar-refractivity contribution in [2.45, 2.75) is 18.7 Å². The summed E-state index contributed by atoms with van der Waals surface area (Å²) in [5.41, 5.74) is 0.342. The number of carbonyl (C=O) groups excluding carboxylic acids is 3. The second kappa shape index (κ2) is 8.10. The van der Waals surface area contributed by atoms with Crippen molar-refractivity contribution >= 4 is 28.8 Å². The van der Waals surface area contributed by atoms with E-state index in [2.05, 4.69) is 10.6 Å². The van der Waals surface area contributed by atoms with Crippen molar-refractivity contribution in [2.24, 2.45) is 0 Å². The van der Waals surface area contributed by atoms with Crippen molar-refractivity contribution < 1.29 is 32.3 Å². The van der Waals surface area contributed by atoms with Crippen LogP contribution in [0.4, 0.5) is 18.0 Å². The number of hydrogen-bond donors (Lipinski definition) is 2. The molecule has 2 aromatic rings. The molecule has 0 radical (unpaired) electrons. The zero-order chi connectivity index (χ0) is 22.2. The number of ether oxygens (including phenoxy) is 1. The maximum absolute atomic E-state index is 13.4. The Balaban J connectivity index is 1.49. The predicted octanol–water partition coefficient (Wildman–Crippen LogP) is 3.66. The van der Waals surface area contributed by atoms with Crippen molar-refractivity contribution in [1.29, 1.82) is 0 Å². The van der Waals surface area contributed by atoms with Crippen molar-refractivity contribution in [3.8, 4) is 16.9 Å². The SMILES string of the molecule is O=C(/C=C1\SC(=O)NC1=O)NCC1Cc2cccc(-c3ccccc3C(F)(F)F)c2O1. The quantitative estimate of drug-likeness (QED) is 0.698. The number of imide groups is 1. The number of amides is 3. The Labute approximate surface area is 178 Å². The first kappa shape index (κ1) is 21.0. The average molecular weight is 448 g/mol. The van der Waals surface area contributed by atoms with Gasteiger partial charge in [-0.3, -0.25) is 19.7 Å². The van der Waals surface area contributed by atoms with Gasteiger partial charge in [0, 0.05) is 18.1 Å². The lowest BCUT2D eigenvalue weighted by molar-refractivity contribution is -0.137. The fraction of sp³-hybridized carbons (Fsp3) is 0.190. The van der Waals surface area contributed by atoms with E-state index in [1.807, 2.05) is 0 Å². The summed E-state index contributed by atoms with van der Waals surface area (Å²) in [6.07, 6.45) is -3.56. The number of halogens is 3. The van der Waals surface area contributed by atoms with E-state index in [4.69, 9.17) is 4.74 Å². The number of carbonyl (C=O) groups is 3. The minimum absolute atomic E-state index is 0.0100. The molecule has 4 rings (SSSR count). The van der Waals surface area contributed by atoms with Gasteiger partial charge in [0.15, 0.2) is 0 Å². The largest absolute Gasteiger partial charge is 0.487 e. The van der Waals surface area contributed by atoms with Gasteiger partial charge in [0.25, 0.3) is 11.1 Å². The van der Waals surface area contributed by atoms with Crippen LogP contribution >= 0.6 is 11.8 Å². The van der Waals surface area contributed by atoms with Crippen LogP contribution in [0.5, 0.6) is 5.75 Å². The molecule has 0 bridgehead atoms. The number of alkyl halides is 3. The summed E-state index contributed by atoms with van der Waals surface area (Å²) in [7, 11) is 0. The van der Waals surface area contributed by atoms with E-state index in [0.29, 0.717) is 29.5 Å². The molecule has 0 aliphatic carbocycles. The zero-order valence-electron chi connectivity index (χ0n) is 15.8. The number of benzene rings is 2. The van der Waals surface area contributed by atoms with Crippen LogP contribution in [0.25, 0.3) is 11.1 Å². The van der Waals surface area contributed by atoms with Crippen molar-refractivity contribution in [1.82, 2.24) is 10.6 Å². The van der Waals surface area contributed by atoms with Crippen LogP contribution in [0.2, 0.25) is 0 Å². The van der Waals surface area contributed by atoms with Gasteiger partial charge < -0.3 is 10.1 Å². The molecule has 1 unspecified atom stereocenters. The molecular formula is C21H15F3N2O4S. The molecule has 2 aliphatic rings.